The lowest BCUT2D eigenvalue weighted by atomic mass is 9.98. The van der Waals surface area contributed by atoms with Crippen LogP contribution in [0.25, 0.3) is 0 Å². The van der Waals surface area contributed by atoms with E-state index in [1.165, 1.54) is 22.7 Å². The molecule has 6 nitrogen and oxygen atoms in total. The second kappa shape index (κ2) is 11.4. The van der Waals surface area contributed by atoms with Crippen LogP contribution in [0.4, 0.5) is 0 Å². The molecule has 184 valence electrons. The van der Waals surface area contributed by atoms with Crippen LogP contribution < -0.4 is 5.32 Å². The van der Waals surface area contributed by atoms with Crippen LogP contribution in [0.15, 0.2) is 42.5 Å². The van der Waals surface area contributed by atoms with Gasteiger partial charge in [0.15, 0.2) is 0 Å². The van der Waals surface area contributed by atoms with Gasteiger partial charge >= 0.3 is 0 Å². The molecule has 0 aliphatic carbocycles. The van der Waals surface area contributed by atoms with Gasteiger partial charge in [0.1, 0.15) is 0 Å². The second-order valence-corrected chi connectivity index (χ2v) is 12.0. The molecule has 2 heterocycles. The maximum absolute atomic E-state index is 13.0. The lowest BCUT2D eigenvalue weighted by Gasteiger charge is -2.31. The third kappa shape index (κ3) is 6.73. The third-order valence-corrected chi connectivity index (χ3v) is 9.10. The van der Waals surface area contributed by atoms with Crippen LogP contribution in [0, 0.1) is 5.92 Å². The standard InChI is InChI=1S/C25H31Cl2N3O3S/c26-23-9-8-21(14-24(23)27)18-34(32,33)30-12-4-7-22(17-30)25(31)28-15-19-5-3-6-20(13-19)16-29-10-1-2-11-29/h3,5-6,8-9,13-14,22H,1-2,4,7,10-12,15-18H2,(H,28,31)/t22-/m0/s1. The molecule has 9 heteroatoms. The summed E-state index contributed by atoms with van der Waals surface area (Å²) in [6, 6.07) is 13.2. The Kier molecular flexibility index (Phi) is 8.53. The van der Waals surface area contributed by atoms with Crippen molar-refractivity contribution >= 4 is 39.1 Å². The van der Waals surface area contributed by atoms with Gasteiger partial charge in [0.2, 0.25) is 15.9 Å². The van der Waals surface area contributed by atoms with Gasteiger partial charge in [-0.3, -0.25) is 9.69 Å². The number of hydrogen-bond donors (Lipinski definition) is 1. The van der Waals surface area contributed by atoms with Gasteiger partial charge in [-0.15, -0.1) is 0 Å². The number of carbonyl (C=O) groups excluding carboxylic acids is 1. The van der Waals surface area contributed by atoms with E-state index in [0.717, 1.165) is 25.2 Å². The first-order valence-corrected chi connectivity index (χ1v) is 14.2. The lowest BCUT2D eigenvalue weighted by Crippen LogP contribution is -2.45. The zero-order valence-corrected chi connectivity index (χ0v) is 21.5. The van der Waals surface area contributed by atoms with Gasteiger partial charge in [0.05, 0.1) is 21.7 Å². The Bertz CT molecular complexity index is 1120. The van der Waals surface area contributed by atoms with Crippen LogP contribution in [0.2, 0.25) is 10.0 Å². The summed E-state index contributed by atoms with van der Waals surface area (Å²) in [5.41, 5.74) is 2.89. The van der Waals surface area contributed by atoms with E-state index >= 15 is 0 Å². The Morgan fingerprint density at radius 3 is 2.47 bits per heavy atom. The van der Waals surface area contributed by atoms with Crippen LogP contribution in [0.3, 0.4) is 0 Å². The minimum Gasteiger partial charge on any atom is -0.352 e. The molecule has 34 heavy (non-hydrogen) atoms. The van der Waals surface area contributed by atoms with Crippen LogP contribution in [0.5, 0.6) is 0 Å². The minimum atomic E-state index is -3.57. The van der Waals surface area contributed by atoms with Crippen molar-refractivity contribution in [3.05, 3.63) is 69.2 Å². The second-order valence-electron chi connectivity index (χ2n) is 9.22. The molecule has 0 saturated carbocycles. The smallest absolute Gasteiger partial charge is 0.224 e. The van der Waals surface area contributed by atoms with Crippen molar-refractivity contribution in [3.8, 4) is 0 Å². The fraction of sp³-hybridized carbons (Fsp3) is 0.480. The Labute approximate surface area is 212 Å². The van der Waals surface area contributed by atoms with Crippen molar-refractivity contribution in [1.29, 1.82) is 0 Å². The summed E-state index contributed by atoms with van der Waals surface area (Å²) in [5, 5.41) is 3.74. The number of nitrogens with one attached hydrogen (secondary N) is 1. The normalized spacial score (nSPS) is 19.9. The first-order chi connectivity index (χ1) is 16.3. The molecule has 0 aromatic heterocycles. The summed E-state index contributed by atoms with van der Waals surface area (Å²) >= 11 is 12.0. The van der Waals surface area contributed by atoms with E-state index in [2.05, 4.69) is 22.3 Å². The number of carbonyl (C=O) groups is 1. The Morgan fingerprint density at radius 1 is 0.941 bits per heavy atom. The van der Waals surface area contributed by atoms with Gasteiger partial charge < -0.3 is 5.32 Å². The van der Waals surface area contributed by atoms with E-state index < -0.39 is 10.0 Å². The average Bonchev–Trinajstić information content (AvgIpc) is 3.33. The molecule has 1 atom stereocenters. The van der Waals surface area contributed by atoms with Gasteiger partial charge in [-0.25, -0.2) is 12.7 Å². The van der Waals surface area contributed by atoms with Crippen LogP contribution in [-0.4, -0.2) is 49.7 Å². The molecule has 1 amide bonds. The number of piperidine rings is 1. The Morgan fingerprint density at radius 2 is 1.71 bits per heavy atom. The number of amides is 1. The molecular formula is C25H31Cl2N3O3S. The first kappa shape index (κ1) is 25.5. The molecule has 2 fully saturated rings. The third-order valence-electron chi connectivity index (χ3n) is 6.54. The largest absolute Gasteiger partial charge is 0.352 e. The van der Waals surface area contributed by atoms with Crippen molar-refractivity contribution in [3.63, 3.8) is 0 Å². The molecule has 0 unspecified atom stereocenters. The number of halogens is 2. The molecule has 4 rings (SSSR count). The van der Waals surface area contributed by atoms with Crippen molar-refractivity contribution in [1.82, 2.24) is 14.5 Å². The first-order valence-electron chi connectivity index (χ1n) is 11.8. The maximum Gasteiger partial charge on any atom is 0.224 e. The van der Waals surface area contributed by atoms with E-state index in [-0.39, 0.29) is 24.1 Å². The summed E-state index contributed by atoms with van der Waals surface area (Å²) in [6.07, 6.45) is 3.86. The van der Waals surface area contributed by atoms with Crippen molar-refractivity contribution < 1.29 is 13.2 Å². The van der Waals surface area contributed by atoms with E-state index in [1.807, 2.05) is 12.1 Å². The highest BCUT2D eigenvalue weighted by molar-refractivity contribution is 7.88. The molecule has 2 saturated heterocycles. The molecule has 1 N–H and O–H groups in total. The van der Waals surface area contributed by atoms with Gasteiger partial charge in [0, 0.05) is 26.2 Å². The summed E-state index contributed by atoms with van der Waals surface area (Å²) in [5.74, 6) is -0.619. The van der Waals surface area contributed by atoms with E-state index in [0.29, 0.717) is 41.5 Å². The summed E-state index contributed by atoms with van der Waals surface area (Å²) < 4.78 is 27.4. The molecule has 2 aliphatic heterocycles. The fourth-order valence-electron chi connectivity index (χ4n) is 4.71. The number of rotatable bonds is 8. The molecule has 0 spiro atoms. The van der Waals surface area contributed by atoms with Crippen molar-refractivity contribution in [2.75, 3.05) is 26.2 Å². The average molecular weight is 525 g/mol. The van der Waals surface area contributed by atoms with E-state index in [1.54, 1.807) is 18.2 Å². The predicted octanol–water partition coefficient (Wildman–Crippen LogP) is 4.45. The quantitative estimate of drug-likeness (QED) is 0.554. The van der Waals surface area contributed by atoms with Gasteiger partial charge in [-0.05, 0) is 67.6 Å². The number of hydrogen-bond acceptors (Lipinski definition) is 4. The summed E-state index contributed by atoms with van der Waals surface area (Å²) in [7, 11) is -3.57. The monoisotopic (exact) mass is 523 g/mol. The molecule has 0 radical (unpaired) electrons. The number of likely N-dealkylation sites (tertiary alicyclic amines) is 1. The highest BCUT2D eigenvalue weighted by Crippen LogP contribution is 2.26. The number of sulfonamides is 1. The maximum atomic E-state index is 13.0. The van der Waals surface area contributed by atoms with Gasteiger partial charge in [-0.2, -0.15) is 0 Å². The highest BCUT2D eigenvalue weighted by Gasteiger charge is 2.32. The van der Waals surface area contributed by atoms with E-state index in [9.17, 15) is 13.2 Å². The minimum absolute atomic E-state index is 0.0978. The highest BCUT2D eigenvalue weighted by atomic mass is 35.5. The summed E-state index contributed by atoms with van der Waals surface area (Å²) in [4.78, 5) is 15.3. The van der Waals surface area contributed by atoms with Crippen molar-refractivity contribution in [2.45, 2.75) is 44.5 Å². The molecule has 2 aromatic carbocycles. The SMILES string of the molecule is O=C(NCc1cccc(CN2CCCC2)c1)[C@H]1CCCN(S(=O)(=O)Cc2ccc(Cl)c(Cl)c2)C1. The zero-order chi connectivity index (χ0) is 24.1. The molecular weight excluding hydrogens is 493 g/mol. The zero-order valence-electron chi connectivity index (χ0n) is 19.2. The van der Waals surface area contributed by atoms with Crippen molar-refractivity contribution in [2.24, 2.45) is 5.92 Å². The predicted molar refractivity (Wildman–Crippen MR) is 136 cm³/mol. The molecule has 2 aromatic rings. The Hall–Kier alpha value is -1.64. The molecule has 2 aliphatic rings. The van der Waals surface area contributed by atoms with Gasteiger partial charge in [0.25, 0.3) is 0 Å². The van der Waals surface area contributed by atoms with E-state index in [4.69, 9.17) is 23.2 Å². The summed E-state index contributed by atoms with van der Waals surface area (Å²) in [6.45, 7) is 4.30. The molecule has 0 bridgehead atoms. The lowest BCUT2D eigenvalue weighted by molar-refractivity contribution is -0.126. The van der Waals surface area contributed by atoms with Crippen LogP contribution in [-0.2, 0) is 33.7 Å². The van der Waals surface area contributed by atoms with Crippen LogP contribution in [0.1, 0.15) is 42.4 Å². The topological polar surface area (TPSA) is 69.7 Å². The fourth-order valence-corrected chi connectivity index (χ4v) is 6.63. The number of benzene rings is 2. The Balaban J connectivity index is 1.32. The number of nitrogens with zero attached hydrogens (tertiary/aromatic N) is 2. The van der Waals surface area contributed by atoms with Gasteiger partial charge in [-0.1, -0.05) is 53.5 Å². The van der Waals surface area contributed by atoms with Crippen LogP contribution >= 0.6 is 23.2 Å².